The minimum absolute atomic E-state index is 0.0604. The molecule has 2 atom stereocenters. The molecule has 0 aliphatic rings. The van der Waals surface area contributed by atoms with Crippen molar-refractivity contribution in [2.24, 2.45) is 5.73 Å². The quantitative estimate of drug-likeness (QED) is 0.789. The molecule has 0 fully saturated rings. The molecule has 1 unspecified atom stereocenters. The second-order valence-corrected chi connectivity index (χ2v) is 4.49. The number of hydrogen-bond donors (Lipinski definition) is 2. The average molecular weight is 234 g/mol. The van der Waals surface area contributed by atoms with Crippen molar-refractivity contribution in [1.29, 1.82) is 0 Å². The van der Waals surface area contributed by atoms with Crippen LogP contribution >= 0.6 is 0 Å². The normalized spacial score (nSPS) is 14.1. The lowest BCUT2D eigenvalue weighted by molar-refractivity contribution is -0.123. The summed E-state index contributed by atoms with van der Waals surface area (Å²) < 4.78 is 0. The fourth-order valence-corrected chi connectivity index (χ4v) is 1.82. The highest BCUT2D eigenvalue weighted by molar-refractivity contribution is 5.82. The van der Waals surface area contributed by atoms with Crippen LogP contribution in [0.25, 0.3) is 0 Å². The van der Waals surface area contributed by atoms with Gasteiger partial charge in [-0.05, 0) is 25.3 Å². The standard InChI is InChI=1S/C14H22N2O/c1-3-7-11(2)16-14(17)13(15)10-12-8-5-4-6-9-12/h4-6,8-9,11,13H,3,7,10,15H2,1-2H3,(H,16,17)/t11?,13-/m0/s1. The highest BCUT2D eigenvalue weighted by Gasteiger charge is 2.15. The van der Waals surface area contributed by atoms with Crippen molar-refractivity contribution in [3.05, 3.63) is 35.9 Å². The van der Waals surface area contributed by atoms with Crippen molar-refractivity contribution in [1.82, 2.24) is 5.32 Å². The van der Waals surface area contributed by atoms with Gasteiger partial charge in [0.1, 0.15) is 0 Å². The monoisotopic (exact) mass is 234 g/mol. The summed E-state index contributed by atoms with van der Waals surface area (Å²) in [5.74, 6) is -0.0604. The predicted molar refractivity (Wildman–Crippen MR) is 70.6 cm³/mol. The van der Waals surface area contributed by atoms with Crippen LogP contribution in [0.3, 0.4) is 0 Å². The Hall–Kier alpha value is -1.35. The van der Waals surface area contributed by atoms with Crippen LogP contribution in [0.5, 0.6) is 0 Å². The van der Waals surface area contributed by atoms with Gasteiger partial charge < -0.3 is 11.1 Å². The lowest BCUT2D eigenvalue weighted by Crippen LogP contribution is -2.45. The topological polar surface area (TPSA) is 55.1 Å². The number of nitrogens with one attached hydrogen (secondary N) is 1. The molecule has 0 saturated carbocycles. The van der Waals surface area contributed by atoms with Gasteiger partial charge in [0.15, 0.2) is 0 Å². The van der Waals surface area contributed by atoms with Crippen molar-refractivity contribution < 1.29 is 4.79 Å². The maximum atomic E-state index is 11.8. The zero-order valence-electron chi connectivity index (χ0n) is 10.6. The molecular weight excluding hydrogens is 212 g/mol. The van der Waals surface area contributed by atoms with Gasteiger partial charge in [-0.15, -0.1) is 0 Å². The number of nitrogens with two attached hydrogens (primary N) is 1. The van der Waals surface area contributed by atoms with Crippen molar-refractivity contribution in [3.63, 3.8) is 0 Å². The number of carbonyl (C=O) groups is 1. The summed E-state index contributed by atoms with van der Waals surface area (Å²) in [4.78, 5) is 11.8. The van der Waals surface area contributed by atoms with E-state index >= 15 is 0 Å². The Morgan fingerprint density at radius 1 is 1.35 bits per heavy atom. The maximum Gasteiger partial charge on any atom is 0.237 e. The fourth-order valence-electron chi connectivity index (χ4n) is 1.82. The van der Waals surface area contributed by atoms with Gasteiger partial charge in [-0.1, -0.05) is 43.7 Å². The summed E-state index contributed by atoms with van der Waals surface area (Å²) in [6, 6.07) is 9.59. The molecule has 0 aromatic heterocycles. The first-order valence-electron chi connectivity index (χ1n) is 6.23. The van der Waals surface area contributed by atoms with E-state index in [0.29, 0.717) is 6.42 Å². The van der Waals surface area contributed by atoms with Crippen LogP contribution in [0.15, 0.2) is 30.3 Å². The third-order valence-electron chi connectivity index (χ3n) is 2.75. The average Bonchev–Trinajstić information content (AvgIpc) is 2.30. The molecule has 0 bridgehead atoms. The number of hydrogen-bond acceptors (Lipinski definition) is 2. The molecule has 17 heavy (non-hydrogen) atoms. The van der Waals surface area contributed by atoms with E-state index in [1.807, 2.05) is 37.3 Å². The maximum absolute atomic E-state index is 11.8. The van der Waals surface area contributed by atoms with E-state index in [0.717, 1.165) is 18.4 Å². The highest BCUT2D eigenvalue weighted by Crippen LogP contribution is 2.02. The van der Waals surface area contributed by atoms with E-state index in [1.165, 1.54) is 0 Å². The van der Waals surface area contributed by atoms with Gasteiger partial charge in [-0.25, -0.2) is 0 Å². The Kier molecular flexibility index (Phi) is 5.70. The van der Waals surface area contributed by atoms with Crippen molar-refractivity contribution >= 4 is 5.91 Å². The Labute approximate surface area is 103 Å². The number of rotatable bonds is 6. The molecule has 94 valence electrons. The van der Waals surface area contributed by atoms with Gasteiger partial charge in [-0.2, -0.15) is 0 Å². The van der Waals surface area contributed by atoms with E-state index in [4.69, 9.17) is 5.73 Å². The van der Waals surface area contributed by atoms with Crippen molar-refractivity contribution in [2.45, 2.75) is 45.2 Å². The number of amides is 1. The Bertz CT molecular complexity index is 337. The van der Waals surface area contributed by atoms with Gasteiger partial charge in [0.05, 0.1) is 6.04 Å². The molecule has 1 aromatic rings. The van der Waals surface area contributed by atoms with Crippen LogP contribution in [0.1, 0.15) is 32.3 Å². The van der Waals surface area contributed by atoms with E-state index in [9.17, 15) is 4.79 Å². The molecule has 1 aromatic carbocycles. The Morgan fingerprint density at radius 2 is 2.00 bits per heavy atom. The molecule has 0 saturated heterocycles. The zero-order chi connectivity index (χ0) is 12.7. The van der Waals surface area contributed by atoms with Crippen LogP contribution in [0.2, 0.25) is 0 Å². The second-order valence-electron chi connectivity index (χ2n) is 4.49. The van der Waals surface area contributed by atoms with Crippen LogP contribution < -0.4 is 11.1 Å². The number of benzene rings is 1. The van der Waals surface area contributed by atoms with Gasteiger partial charge in [0, 0.05) is 6.04 Å². The molecule has 3 nitrogen and oxygen atoms in total. The Balaban J connectivity index is 2.42. The third kappa shape index (κ3) is 5.00. The molecule has 1 rings (SSSR count). The summed E-state index contributed by atoms with van der Waals surface area (Å²) in [5.41, 5.74) is 6.98. The molecule has 0 heterocycles. The molecule has 3 N–H and O–H groups in total. The zero-order valence-corrected chi connectivity index (χ0v) is 10.6. The summed E-state index contributed by atoms with van der Waals surface area (Å²) in [5, 5.41) is 2.94. The summed E-state index contributed by atoms with van der Waals surface area (Å²) >= 11 is 0. The first kappa shape index (κ1) is 13.7. The fraction of sp³-hybridized carbons (Fsp3) is 0.500. The lowest BCUT2D eigenvalue weighted by Gasteiger charge is -2.17. The molecule has 1 amide bonds. The van der Waals surface area contributed by atoms with E-state index in [-0.39, 0.29) is 11.9 Å². The predicted octanol–water partition coefficient (Wildman–Crippen LogP) is 1.86. The lowest BCUT2D eigenvalue weighted by atomic mass is 10.1. The first-order valence-corrected chi connectivity index (χ1v) is 6.23. The SMILES string of the molecule is CCCC(C)NC(=O)[C@@H](N)Cc1ccccc1. The summed E-state index contributed by atoms with van der Waals surface area (Å²) in [7, 11) is 0. The van der Waals surface area contributed by atoms with E-state index in [1.54, 1.807) is 0 Å². The van der Waals surface area contributed by atoms with Gasteiger partial charge >= 0.3 is 0 Å². The van der Waals surface area contributed by atoms with Crippen LogP contribution in [0, 0.1) is 0 Å². The van der Waals surface area contributed by atoms with E-state index in [2.05, 4.69) is 12.2 Å². The van der Waals surface area contributed by atoms with Crippen molar-refractivity contribution in [2.75, 3.05) is 0 Å². The second kappa shape index (κ2) is 7.07. The van der Waals surface area contributed by atoms with Crippen LogP contribution in [0.4, 0.5) is 0 Å². The third-order valence-corrected chi connectivity index (χ3v) is 2.75. The summed E-state index contributed by atoms with van der Waals surface area (Å²) in [6.45, 7) is 4.11. The molecule has 0 aliphatic heterocycles. The van der Waals surface area contributed by atoms with Crippen LogP contribution in [-0.2, 0) is 11.2 Å². The molecule has 0 aliphatic carbocycles. The minimum atomic E-state index is -0.461. The Morgan fingerprint density at radius 3 is 2.59 bits per heavy atom. The van der Waals surface area contributed by atoms with Gasteiger partial charge in [0.25, 0.3) is 0 Å². The molecular formula is C14H22N2O. The highest BCUT2D eigenvalue weighted by atomic mass is 16.2. The minimum Gasteiger partial charge on any atom is -0.352 e. The first-order chi connectivity index (χ1) is 8.13. The smallest absolute Gasteiger partial charge is 0.237 e. The van der Waals surface area contributed by atoms with E-state index < -0.39 is 6.04 Å². The van der Waals surface area contributed by atoms with Crippen molar-refractivity contribution in [3.8, 4) is 0 Å². The molecule has 3 heteroatoms. The largest absolute Gasteiger partial charge is 0.352 e. The molecule has 0 radical (unpaired) electrons. The van der Waals surface area contributed by atoms with Crippen LogP contribution in [-0.4, -0.2) is 18.0 Å². The number of carbonyl (C=O) groups excluding carboxylic acids is 1. The summed E-state index contributed by atoms with van der Waals surface area (Å²) in [6.07, 6.45) is 2.64. The van der Waals surface area contributed by atoms with Gasteiger partial charge in [0.2, 0.25) is 5.91 Å². The van der Waals surface area contributed by atoms with Gasteiger partial charge in [-0.3, -0.25) is 4.79 Å². The molecule has 0 spiro atoms.